The van der Waals surface area contributed by atoms with E-state index < -0.39 is 38.2 Å². The summed E-state index contributed by atoms with van der Waals surface area (Å²) in [6, 6.07) is 12.6. The number of carbonyl (C=O) groups is 1. The lowest BCUT2D eigenvalue weighted by molar-refractivity contribution is -0.145. The van der Waals surface area contributed by atoms with Crippen LogP contribution in [0.1, 0.15) is 55.6 Å². The van der Waals surface area contributed by atoms with Gasteiger partial charge in [-0.05, 0) is 85.2 Å². The van der Waals surface area contributed by atoms with Crippen molar-refractivity contribution >= 4 is 42.6 Å². The predicted octanol–water partition coefficient (Wildman–Crippen LogP) is 5.40. The third kappa shape index (κ3) is 5.88. The molecule has 4 N–H and O–H groups in total. The summed E-state index contributed by atoms with van der Waals surface area (Å²) in [4.78, 5) is 14.9. The van der Waals surface area contributed by atoms with Gasteiger partial charge in [0.1, 0.15) is 11.7 Å². The maximum Gasteiger partial charge on any atom is 0.288 e. The smallest absolute Gasteiger partial charge is 0.288 e. The average molecular weight is 637 g/mol. The van der Waals surface area contributed by atoms with E-state index >= 15 is 8.78 Å². The van der Waals surface area contributed by atoms with E-state index in [0.29, 0.717) is 28.5 Å². The quantitative estimate of drug-likeness (QED) is 0.361. The van der Waals surface area contributed by atoms with Crippen LogP contribution >= 0.6 is 15.9 Å². The monoisotopic (exact) mass is 635 g/mol. The van der Waals surface area contributed by atoms with Gasteiger partial charge in [0.25, 0.3) is 5.92 Å². The van der Waals surface area contributed by atoms with E-state index in [1.807, 2.05) is 0 Å². The van der Waals surface area contributed by atoms with Crippen LogP contribution in [-0.4, -0.2) is 44.5 Å². The number of halogens is 3. The third-order valence-corrected chi connectivity index (χ3v) is 9.30. The topological polar surface area (TPSA) is 116 Å². The number of hydrogen-bond donors (Lipinski definition) is 2. The zero-order valence-corrected chi connectivity index (χ0v) is 24.3. The molecule has 1 saturated heterocycles. The van der Waals surface area contributed by atoms with Crippen molar-refractivity contribution in [2.75, 3.05) is 13.1 Å². The highest BCUT2D eigenvalue weighted by Gasteiger charge is 2.51. The molecule has 1 heterocycles. The van der Waals surface area contributed by atoms with Crippen LogP contribution in [0.4, 0.5) is 8.78 Å². The largest absolute Gasteiger partial charge is 0.490 e. The van der Waals surface area contributed by atoms with Gasteiger partial charge in [0.05, 0.1) is 11.0 Å². The Balaban J connectivity index is 1.71. The predicted molar refractivity (Wildman–Crippen MR) is 153 cm³/mol. The van der Waals surface area contributed by atoms with Crippen molar-refractivity contribution in [1.82, 2.24) is 4.90 Å². The summed E-state index contributed by atoms with van der Waals surface area (Å²) >= 11 is 3.26. The molecule has 2 aliphatic rings. The van der Waals surface area contributed by atoms with Gasteiger partial charge in [-0.3, -0.25) is 4.79 Å². The number of rotatable bonds is 7. The summed E-state index contributed by atoms with van der Waals surface area (Å²) in [6.07, 6.45) is 5.31. The summed E-state index contributed by atoms with van der Waals surface area (Å²) in [5, 5.41) is 6.25. The molecule has 1 amide bonds. The first kappa shape index (κ1) is 28.9. The number of amides is 1. The number of ether oxygens (including phenoxy) is 1. The molecule has 1 aliphatic carbocycles. The van der Waals surface area contributed by atoms with Crippen LogP contribution in [0.3, 0.4) is 0 Å². The van der Waals surface area contributed by atoms with E-state index in [0.717, 1.165) is 25.7 Å². The van der Waals surface area contributed by atoms with Gasteiger partial charge in [0.15, 0.2) is 0 Å². The molecule has 0 spiro atoms. The van der Waals surface area contributed by atoms with Crippen molar-refractivity contribution in [1.29, 1.82) is 0 Å². The molecule has 1 saturated carbocycles. The van der Waals surface area contributed by atoms with Gasteiger partial charge in [-0.1, -0.05) is 40.2 Å². The van der Waals surface area contributed by atoms with Crippen LogP contribution in [-0.2, 0) is 20.7 Å². The summed E-state index contributed by atoms with van der Waals surface area (Å²) in [6.45, 7) is 0.342. The standard InChI is InChI=1S/C29H32BrF2N3O4S/c30-20-10-8-19(9-11-20)29(31,32)27(28(36)35-15-3-4-21(33)17-35)26-24-13-12-23(39-22-5-1-2-6-22)16-18(24)7-14-25(26)40(34,37)38/h7-14,16,21-22,27H,1-6,15,17,33H2,(H2,34,37,38)/t21-,27-/m0/s1. The minimum atomic E-state index is -4.49. The lowest BCUT2D eigenvalue weighted by Crippen LogP contribution is -2.50. The second kappa shape index (κ2) is 11.3. The zero-order valence-electron chi connectivity index (χ0n) is 21.9. The van der Waals surface area contributed by atoms with Gasteiger partial charge in [-0.25, -0.2) is 22.3 Å². The van der Waals surface area contributed by atoms with Gasteiger partial charge in [-0.15, -0.1) is 0 Å². The van der Waals surface area contributed by atoms with Crippen LogP contribution in [0.5, 0.6) is 5.75 Å². The SMILES string of the molecule is N[C@H]1CCCN(C(=O)[C@H](c2c(S(N)(=O)=O)ccc3cc(OC4CCCC4)ccc23)C(F)(F)c2ccc(Br)cc2)C1. The number of carbonyl (C=O) groups excluding carboxylic acids is 1. The molecule has 3 aromatic rings. The number of likely N-dealkylation sites (tertiary alicyclic amines) is 1. The first-order chi connectivity index (χ1) is 18.9. The second-order valence-corrected chi connectivity index (χ2v) is 13.1. The summed E-state index contributed by atoms with van der Waals surface area (Å²) in [7, 11) is -4.49. The summed E-state index contributed by atoms with van der Waals surface area (Å²) in [5.74, 6) is -6.30. The molecule has 7 nitrogen and oxygen atoms in total. The van der Waals surface area contributed by atoms with Gasteiger partial charge in [-0.2, -0.15) is 0 Å². The molecule has 0 radical (unpaired) electrons. The highest BCUT2D eigenvalue weighted by atomic mass is 79.9. The van der Waals surface area contributed by atoms with E-state index in [1.54, 1.807) is 18.2 Å². The van der Waals surface area contributed by atoms with Crippen molar-refractivity contribution < 1.29 is 26.7 Å². The second-order valence-electron chi connectivity index (χ2n) is 10.7. The first-order valence-electron chi connectivity index (χ1n) is 13.4. The van der Waals surface area contributed by atoms with Crippen LogP contribution < -0.4 is 15.6 Å². The Bertz CT molecular complexity index is 1510. The number of piperidine rings is 1. The maximum absolute atomic E-state index is 16.6. The van der Waals surface area contributed by atoms with E-state index in [1.165, 1.54) is 41.3 Å². The highest BCUT2D eigenvalue weighted by molar-refractivity contribution is 9.10. The molecule has 2 fully saturated rings. The molecule has 214 valence electrons. The molecular formula is C29H32BrF2N3O4S. The number of benzene rings is 3. The Morgan fingerprint density at radius 2 is 1.73 bits per heavy atom. The van der Waals surface area contributed by atoms with E-state index in [-0.39, 0.29) is 36.2 Å². The average Bonchev–Trinajstić information content (AvgIpc) is 3.41. The fourth-order valence-electron chi connectivity index (χ4n) is 5.82. The minimum Gasteiger partial charge on any atom is -0.490 e. The molecule has 3 aromatic carbocycles. The van der Waals surface area contributed by atoms with Gasteiger partial charge in [0.2, 0.25) is 15.9 Å². The molecule has 5 rings (SSSR count). The fraction of sp³-hybridized carbons (Fsp3) is 0.414. The number of hydrogen-bond acceptors (Lipinski definition) is 5. The Morgan fingerprint density at radius 1 is 1.02 bits per heavy atom. The van der Waals surface area contributed by atoms with Crippen molar-refractivity contribution in [2.24, 2.45) is 10.9 Å². The molecular weight excluding hydrogens is 604 g/mol. The lowest BCUT2D eigenvalue weighted by atomic mass is 9.83. The van der Waals surface area contributed by atoms with E-state index in [4.69, 9.17) is 15.6 Å². The van der Waals surface area contributed by atoms with E-state index in [2.05, 4.69) is 15.9 Å². The molecule has 1 aliphatic heterocycles. The Morgan fingerprint density at radius 3 is 2.38 bits per heavy atom. The molecule has 0 unspecified atom stereocenters. The Kier molecular flexibility index (Phi) is 8.20. The first-order valence-corrected chi connectivity index (χ1v) is 15.7. The molecule has 2 atom stereocenters. The number of alkyl halides is 2. The lowest BCUT2D eigenvalue weighted by Gasteiger charge is -2.37. The highest BCUT2D eigenvalue weighted by Crippen LogP contribution is 2.48. The van der Waals surface area contributed by atoms with Crippen LogP contribution in [0.25, 0.3) is 10.8 Å². The van der Waals surface area contributed by atoms with Crippen LogP contribution in [0, 0.1) is 0 Å². The van der Waals surface area contributed by atoms with E-state index in [9.17, 15) is 13.2 Å². The number of nitrogens with two attached hydrogens (primary N) is 2. The van der Waals surface area contributed by atoms with Crippen molar-refractivity contribution in [2.45, 2.75) is 67.4 Å². The molecule has 0 bridgehead atoms. The van der Waals surface area contributed by atoms with Gasteiger partial charge < -0.3 is 15.4 Å². The zero-order chi connectivity index (χ0) is 28.7. The van der Waals surface area contributed by atoms with Crippen molar-refractivity contribution in [3.63, 3.8) is 0 Å². The molecule has 11 heteroatoms. The normalized spacial score (nSPS) is 19.6. The van der Waals surface area contributed by atoms with Crippen LogP contribution in [0.15, 0.2) is 64.0 Å². The van der Waals surface area contributed by atoms with Crippen LogP contribution in [0.2, 0.25) is 0 Å². The summed E-state index contributed by atoms with van der Waals surface area (Å²) in [5.41, 5.74) is 5.34. The summed E-state index contributed by atoms with van der Waals surface area (Å²) < 4.78 is 65.6. The number of sulfonamides is 1. The minimum absolute atomic E-state index is 0.0694. The van der Waals surface area contributed by atoms with Gasteiger partial charge in [0, 0.05) is 29.2 Å². The Hall–Kier alpha value is -2.60. The van der Waals surface area contributed by atoms with Gasteiger partial charge >= 0.3 is 0 Å². The third-order valence-electron chi connectivity index (χ3n) is 7.80. The number of nitrogens with zero attached hydrogens (tertiary/aromatic N) is 1. The number of primary sulfonamides is 1. The molecule has 0 aromatic heterocycles. The number of fused-ring (bicyclic) bond motifs is 1. The maximum atomic E-state index is 16.6. The van der Waals surface area contributed by atoms with Crippen molar-refractivity contribution in [3.05, 3.63) is 70.2 Å². The fourth-order valence-corrected chi connectivity index (χ4v) is 6.88. The Labute approximate surface area is 241 Å². The van der Waals surface area contributed by atoms with Crippen molar-refractivity contribution in [3.8, 4) is 5.75 Å². The molecule has 40 heavy (non-hydrogen) atoms.